The largest absolute Gasteiger partial charge is 0.0613 e. The van der Waals surface area contributed by atoms with Gasteiger partial charge in [-0.15, -0.1) is 0 Å². The predicted molar refractivity (Wildman–Crippen MR) is 103 cm³/mol. The molecular formula is C23H32. The summed E-state index contributed by atoms with van der Waals surface area (Å²) >= 11 is 0. The van der Waals surface area contributed by atoms with Gasteiger partial charge in [0, 0.05) is 0 Å². The summed E-state index contributed by atoms with van der Waals surface area (Å²) in [5.41, 5.74) is 8.89. The molecule has 0 nitrogen and oxygen atoms in total. The second-order valence-corrected chi connectivity index (χ2v) is 7.26. The van der Waals surface area contributed by atoms with Crippen molar-refractivity contribution in [3.05, 3.63) is 69.8 Å². The highest BCUT2D eigenvalue weighted by Crippen LogP contribution is 2.25. The quantitative estimate of drug-likeness (QED) is 0.560. The van der Waals surface area contributed by atoms with E-state index in [4.69, 9.17) is 0 Å². The Morgan fingerprint density at radius 1 is 0.652 bits per heavy atom. The van der Waals surface area contributed by atoms with Gasteiger partial charge in [0.15, 0.2) is 0 Å². The third-order valence-electron chi connectivity index (χ3n) is 4.83. The van der Waals surface area contributed by atoms with Gasteiger partial charge in [-0.3, -0.25) is 0 Å². The van der Waals surface area contributed by atoms with Crippen LogP contribution in [0, 0.1) is 0 Å². The molecule has 0 unspecified atom stereocenters. The molecule has 2 aromatic carbocycles. The van der Waals surface area contributed by atoms with Crippen molar-refractivity contribution in [2.75, 3.05) is 0 Å². The first-order valence-electron chi connectivity index (χ1n) is 9.19. The highest BCUT2D eigenvalue weighted by molar-refractivity contribution is 5.39. The summed E-state index contributed by atoms with van der Waals surface area (Å²) in [6.07, 6.45) is 3.28. The molecule has 0 aromatic heterocycles. The van der Waals surface area contributed by atoms with Gasteiger partial charge in [0.1, 0.15) is 0 Å². The van der Waals surface area contributed by atoms with Crippen LogP contribution < -0.4 is 0 Å². The van der Waals surface area contributed by atoms with Gasteiger partial charge >= 0.3 is 0 Å². The average molecular weight is 309 g/mol. The van der Waals surface area contributed by atoms with Gasteiger partial charge in [0.05, 0.1) is 0 Å². The van der Waals surface area contributed by atoms with E-state index in [-0.39, 0.29) is 0 Å². The molecule has 0 fully saturated rings. The summed E-state index contributed by atoms with van der Waals surface area (Å²) in [5, 5.41) is 0. The Hall–Kier alpha value is -1.56. The normalized spacial score (nSPS) is 11.5. The summed E-state index contributed by atoms with van der Waals surface area (Å²) < 4.78 is 0. The molecule has 0 radical (unpaired) electrons. The fraction of sp³-hybridized carbons (Fsp3) is 0.478. The first-order chi connectivity index (χ1) is 11.0. The van der Waals surface area contributed by atoms with Crippen LogP contribution in [0.5, 0.6) is 0 Å². The van der Waals surface area contributed by atoms with E-state index in [2.05, 4.69) is 77.9 Å². The summed E-state index contributed by atoms with van der Waals surface area (Å²) in [4.78, 5) is 0. The second-order valence-electron chi connectivity index (χ2n) is 7.26. The van der Waals surface area contributed by atoms with Crippen LogP contribution in [0.25, 0.3) is 0 Å². The van der Waals surface area contributed by atoms with E-state index in [9.17, 15) is 0 Å². The Bertz CT molecular complexity index is 590. The lowest BCUT2D eigenvalue weighted by Gasteiger charge is -2.15. The topological polar surface area (TPSA) is 0 Å². The molecular weight excluding hydrogens is 276 g/mol. The van der Waals surface area contributed by atoms with Gasteiger partial charge in [-0.2, -0.15) is 0 Å². The fourth-order valence-corrected chi connectivity index (χ4v) is 3.51. The van der Waals surface area contributed by atoms with Gasteiger partial charge in [0.25, 0.3) is 0 Å². The number of aryl methyl sites for hydroxylation is 2. The van der Waals surface area contributed by atoms with Crippen LogP contribution in [0.2, 0.25) is 0 Å². The number of benzene rings is 2. The van der Waals surface area contributed by atoms with Gasteiger partial charge in [0.2, 0.25) is 0 Å². The van der Waals surface area contributed by atoms with Crippen LogP contribution in [-0.2, 0) is 19.3 Å². The molecule has 124 valence electrons. The van der Waals surface area contributed by atoms with E-state index >= 15 is 0 Å². The average Bonchev–Trinajstić information content (AvgIpc) is 2.54. The van der Waals surface area contributed by atoms with Crippen molar-refractivity contribution in [2.45, 2.75) is 72.6 Å². The van der Waals surface area contributed by atoms with Crippen molar-refractivity contribution >= 4 is 0 Å². The minimum atomic E-state index is 0.607. The van der Waals surface area contributed by atoms with Crippen molar-refractivity contribution < 1.29 is 0 Å². The van der Waals surface area contributed by atoms with Crippen molar-refractivity contribution in [1.29, 1.82) is 0 Å². The molecule has 0 atom stereocenters. The van der Waals surface area contributed by atoms with E-state index < -0.39 is 0 Å². The molecule has 2 aromatic rings. The zero-order valence-electron chi connectivity index (χ0n) is 15.7. The SMILES string of the molecule is CCc1cc(Cc2ccc(C(C)C)c(CC)c2)ccc1C(C)C. The number of rotatable bonds is 6. The van der Waals surface area contributed by atoms with E-state index in [1.54, 1.807) is 0 Å². The van der Waals surface area contributed by atoms with Crippen LogP contribution in [0.4, 0.5) is 0 Å². The monoisotopic (exact) mass is 308 g/mol. The minimum absolute atomic E-state index is 0.607. The number of hydrogen-bond donors (Lipinski definition) is 0. The Morgan fingerprint density at radius 3 is 1.35 bits per heavy atom. The molecule has 0 heteroatoms. The standard InChI is InChI=1S/C23H32/c1-7-20-14-18(9-11-22(20)16(3)4)13-19-10-12-23(17(5)6)21(8-2)15-19/h9-12,14-17H,7-8,13H2,1-6H3. The first-order valence-corrected chi connectivity index (χ1v) is 9.19. The van der Waals surface area contributed by atoms with Gasteiger partial charge in [-0.25, -0.2) is 0 Å². The maximum atomic E-state index is 2.41. The molecule has 0 N–H and O–H groups in total. The maximum Gasteiger partial charge on any atom is -0.00256 e. The third kappa shape index (κ3) is 4.25. The smallest absolute Gasteiger partial charge is 0.00256 e. The van der Waals surface area contributed by atoms with Gasteiger partial charge in [-0.05, 0) is 64.5 Å². The fourth-order valence-electron chi connectivity index (χ4n) is 3.51. The molecule has 0 bridgehead atoms. The lowest BCUT2D eigenvalue weighted by atomic mass is 9.90. The van der Waals surface area contributed by atoms with Crippen molar-refractivity contribution in [3.63, 3.8) is 0 Å². The number of hydrogen-bond acceptors (Lipinski definition) is 0. The highest BCUT2D eigenvalue weighted by Gasteiger charge is 2.09. The molecule has 0 aliphatic rings. The maximum absolute atomic E-state index is 2.41. The van der Waals surface area contributed by atoms with Crippen LogP contribution in [-0.4, -0.2) is 0 Å². The van der Waals surface area contributed by atoms with Crippen molar-refractivity contribution in [1.82, 2.24) is 0 Å². The molecule has 0 saturated heterocycles. The Labute approximate surface area is 143 Å². The van der Waals surface area contributed by atoms with E-state index in [1.807, 2.05) is 0 Å². The molecule has 0 heterocycles. The van der Waals surface area contributed by atoms with E-state index in [1.165, 1.54) is 33.4 Å². The molecule has 0 spiro atoms. The van der Waals surface area contributed by atoms with Gasteiger partial charge < -0.3 is 0 Å². The summed E-state index contributed by atoms with van der Waals surface area (Å²) in [6.45, 7) is 13.7. The lowest BCUT2D eigenvalue weighted by molar-refractivity contribution is 0.839. The Morgan fingerprint density at radius 2 is 1.04 bits per heavy atom. The molecule has 0 saturated carbocycles. The molecule has 0 aliphatic carbocycles. The Balaban J connectivity index is 2.29. The minimum Gasteiger partial charge on any atom is -0.0613 e. The second kappa shape index (κ2) is 7.81. The van der Waals surface area contributed by atoms with E-state index in [0.29, 0.717) is 11.8 Å². The first kappa shape index (κ1) is 17.8. The molecule has 0 amide bonds. The van der Waals surface area contributed by atoms with Crippen LogP contribution in [0.1, 0.15) is 86.8 Å². The highest BCUT2D eigenvalue weighted by atomic mass is 14.1. The van der Waals surface area contributed by atoms with E-state index in [0.717, 1.165) is 19.3 Å². The third-order valence-corrected chi connectivity index (χ3v) is 4.83. The molecule has 23 heavy (non-hydrogen) atoms. The van der Waals surface area contributed by atoms with Crippen LogP contribution in [0.15, 0.2) is 36.4 Å². The van der Waals surface area contributed by atoms with Crippen molar-refractivity contribution in [2.24, 2.45) is 0 Å². The summed E-state index contributed by atoms with van der Waals surface area (Å²) in [5.74, 6) is 1.21. The molecule has 2 rings (SSSR count). The van der Waals surface area contributed by atoms with Gasteiger partial charge in [-0.1, -0.05) is 77.9 Å². The van der Waals surface area contributed by atoms with Crippen molar-refractivity contribution in [3.8, 4) is 0 Å². The van der Waals surface area contributed by atoms with Crippen LogP contribution in [0.3, 0.4) is 0 Å². The molecule has 0 aliphatic heterocycles. The zero-order valence-corrected chi connectivity index (χ0v) is 15.7. The predicted octanol–water partition coefficient (Wildman–Crippen LogP) is 6.65. The summed E-state index contributed by atoms with van der Waals surface area (Å²) in [7, 11) is 0. The zero-order chi connectivity index (χ0) is 17.0. The Kier molecular flexibility index (Phi) is 6.04. The van der Waals surface area contributed by atoms with Crippen LogP contribution >= 0.6 is 0 Å². The summed E-state index contributed by atoms with van der Waals surface area (Å²) in [6, 6.07) is 14.1. The lowest BCUT2D eigenvalue weighted by Crippen LogP contribution is -2.00.